The maximum absolute atomic E-state index is 16.4. The molecule has 0 atom stereocenters. The van der Waals surface area contributed by atoms with Gasteiger partial charge in [0.25, 0.3) is 5.91 Å². The lowest BCUT2D eigenvalue weighted by Gasteiger charge is -2.29. The van der Waals surface area contributed by atoms with Crippen LogP contribution in [0, 0.1) is 5.82 Å². The first kappa shape index (κ1) is 36.1. The highest BCUT2D eigenvalue weighted by molar-refractivity contribution is 5.96. The predicted molar refractivity (Wildman–Crippen MR) is 206 cm³/mol. The number of benzene rings is 3. The third kappa shape index (κ3) is 7.73. The lowest BCUT2D eigenvalue weighted by molar-refractivity contribution is 0.0300. The van der Waals surface area contributed by atoms with Crippen molar-refractivity contribution < 1.29 is 28.1 Å². The van der Waals surface area contributed by atoms with Crippen LogP contribution in [0.3, 0.4) is 0 Å². The van der Waals surface area contributed by atoms with E-state index < -0.39 is 5.82 Å². The van der Waals surface area contributed by atoms with Crippen molar-refractivity contribution in [1.29, 1.82) is 0 Å². The number of anilines is 4. The van der Waals surface area contributed by atoms with E-state index in [0.29, 0.717) is 108 Å². The van der Waals surface area contributed by atoms with E-state index in [0.717, 1.165) is 33.8 Å². The molecule has 1 amide bonds. The van der Waals surface area contributed by atoms with Gasteiger partial charge in [-0.1, -0.05) is 30.3 Å². The number of aromatic nitrogens is 4. The monoisotopic (exact) mass is 746 g/mol. The smallest absolute Gasteiger partial charge is 0.257 e. The average molecular weight is 747 g/mol. The number of fused-ring (bicyclic) bond motifs is 1. The van der Waals surface area contributed by atoms with Crippen molar-refractivity contribution in [2.45, 2.75) is 19.5 Å². The van der Waals surface area contributed by atoms with Gasteiger partial charge in [0.2, 0.25) is 11.9 Å². The minimum Gasteiger partial charge on any atom is -0.497 e. The number of carbonyl (C=O) groups is 1. The van der Waals surface area contributed by atoms with Crippen LogP contribution in [0.15, 0.2) is 79.1 Å². The third-order valence-electron chi connectivity index (χ3n) is 10.2. The van der Waals surface area contributed by atoms with Crippen LogP contribution in [-0.4, -0.2) is 104 Å². The van der Waals surface area contributed by atoms with E-state index in [1.54, 1.807) is 49.7 Å². The molecule has 2 aromatic heterocycles. The van der Waals surface area contributed by atoms with Gasteiger partial charge in [0.1, 0.15) is 17.3 Å². The number of rotatable bonds is 11. The first-order valence-electron chi connectivity index (χ1n) is 18.5. The van der Waals surface area contributed by atoms with Crippen LogP contribution in [0.2, 0.25) is 0 Å². The second-order valence-electron chi connectivity index (χ2n) is 13.5. The second kappa shape index (κ2) is 16.2. The number of hydrogen-bond donors (Lipinski definition) is 0. The molecule has 0 unspecified atom stereocenters. The third-order valence-corrected chi connectivity index (χ3v) is 10.2. The number of ether oxygens (including phenoxy) is 4. The molecule has 5 heterocycles. The van der Waals surface area contributed by atoms with E-state index >= 15 is 4.39 Å². The van der Waals surface area contributed by atoms with Gasteiger partial charge in [-0.2, -0.15) is 4.98 Å². The summed E-state index contributed by atoms with van der Waals surface area (Å²) < 4.78 is 38.2. The van der Waals surface area contributed by atoms with Gasteiger partial charge < -0.3 is 38.5 Å². The molecule has 14 heteroatoms. The fourth-order valence-corrected chi connectivity index (χ4v) is 7.16. The summed E-state index contributed by atoms with van der Waals surface area (Å²) in [6.07, 6.45) is 4.17. The molecule has 0 aliphatic carbocycles. The van der Waals surface area contributed by atoms with Gasteiger partial charge in [0.15, 0.2) is 5.82 Å². The highest BCUT2D eigenvalue weighted by Crippen LogP contribution is 2.41. The molecule has 2 fully saturated rings. The minimum atomic E-state index is -0.568. The number of methoxy groups -OCH3 is 2. The van der Waals surface area contributed by atoms with Crippen molar-refractivity contribution in [3.8, 4) is 22.8 Å². The van der Waals surface area contributed by atoms with Gasteiger partial charge in [-0.25, -0.2) is 19.3 Å². The average Bonchev–Trinajstić information content (AvgIpc) is 3.68. The molecule has 0 N–H and O–H groups in total. The van der Waals surface area contributed by atoms with Gasteiger partial charge in [-0.15, -0.1) is 0 Å². The van der Waals surface area contributed by atoms with Crippen LogP contribution in [0.1, 0.15) is 27.0 Å². The zero-order chi connectivity index (χ0) is 37.7. The molecular weight excluding hydrogens is 704 g/mol. The molecule has 284 valence electrons. The van der Waals surface area contributed by atoms with Crippen LogP contribution in [0.25, 0.3) is 11.3 Å². The molecule has 3 aromatic carbocycles. The molecule has 3 aliphatic heterocycles. The number of halogens is 1. The van der Waals surface area contributed by atoms with E-state index in [-0.39, 0.29) is 11.5 Å². The number of nitrogens with zero attached hydrogens (tertiary/aromatic N) is 8. The molecule has 2 saturated heterocycles. The topological polar surface area (TPSA) is 119 Å². The van der Waals surface area contributed by atoms with Gasteiger partial charge in [0, 0.05) is 69.3 Å². The van der Waals surface area contributed by atoms with Crippen molar-refractivity contribution in [3.05, 3.63) is 107 Å². The number of hydrogen-bond acceptors (Lipinski definition) is 12. The SMILES string of the molecule is COc1ccc(CN(Cc2ccc(OC)cc2)c2ncc(-c3nc(N4CCOCC4)nc4c3CCN4c3cccc(C(=O)N4CCOCC4)c3F)cn2)cc1. The van der Waals surface area contributed by atoms with E-state index in [1.165, 1.54) is 0 Å². The summed E-state index contributed by atoms with van der Waals surface area (Å²) >= 11 is 0. The molecule has 3 aliphatic rings. The summed E-state index contributed by atoms with van der Waals surface area (Å²) in [4.78, 5) is 41.0. The van der Waals surface area contributed by atoms with Crippen LogP contribution in [0.5, 0.6) is 11.5 Å². The van der Waals surface area contributed by atoms with Crippen LogP contribution in [-0.2, 0) is 29.0 Å². The first-order valence-corrected chi connectivity index (χ1v) is 18.5. The maximum atomic E-state index is 16.4. The fraction of sp³-hybridized carbons (Fsp3) is 0.341. The van der Waals surface area contributed by atoms with Gasteiger partial charge in [0.05, 0.1) is 57.6 Å². The largest absolute Gasteiger partial charge is 0.497 e. The Bertz CT molecular complexity index is 2060. The van der Waals surface area contributed by atoms with E-state index in [2.05, 4.69) is 9.80 Å². The Morgan fingerprint density at radius 3 is 1.98 bits per heavy atom. The van der Waals surface area contributed by atoms with E-state index in [1.807, 2.05) is 53.4 Å². The summed E-state index contributed by atoms with van der Waals surface area (Å²) in [7, 11) is 3.31. The van der Waals surface area contributed by atoms with Crippen LogP contribution >= 0.6 is 0 Å². The number of morpholine rings is 2. The second-order valence-corrected chi connectivity index (χ2v) is 13.5. The van der Waals surface area contributed by atoms with E-state index in [9.17, 15) is 4.79 Å². The molecule has 55 heavy (non-hydrogen) atoms. The highest BCUT2D eigenvalue weighted by Gasteiger charge is 2.32. The predicted octanol–water partition coefficient (Wildman–Crippen LogP) is 5.30. The molecular formula is C41H43FN8O5. The zero-order valence-electron chi connectivity index (χ0n) is 31.0. The van der Waals surface area contributed by atoms with Crippen molar-refractivity contribution in [1.82, 2.24) is 24.8 Å². The molecule has 0 saturated carbocycles. The molecule has 8 rings (SSSR count). The van der Waals surface area contributed by atoms with Gasteiger partial charge in [-0.3, -0.25) is 4.79 Å². The summed E-state index contributed by atoms with van der Waals surface area (Å²) in [6, 6.07) is 20.9. The van der Waals surface area contributed by atoms with Crippen LogP contribution < -0.4 is 24.2 Å². The molecule has 0 radical (unpaired) electrons. The minimum absolute atomic E-state index is 0.0355. The summed E-state index contributed by atoms with van der Waals surface area (Å²) in [5.74, 6) is 2.34. The van der Waals surface area contributed by atoms with Crippen molar-refractivity contribution in [3.63, 3.8) is 0 Å². The Balaban J connectivity index is 1.14. The normalized spacial score (nSPS) is 15.5. The Hall–Kier alpha value is -5.86. The lowest BCUT2D eigenvalue weighted by atomic mass is 10.1. The number of amides is 1. The van der Waals surface area contributed by atoms with Crippen molar-refractivity contribution in [2.24, 2.45) is 0 Å². The summed E-state index contributed by atoms with van der Waals surface area (Å²) in [5, 5.41) is 0. The Kier molecular flexibility index (Phi) is 10.7. The molecule has 5 aromatic rings. The fourth-order valence-electron chi connectivity index (χ4n) is 7.16. The van der Waals surface area contributed by atoms with Crippen LogP contribution in [0.4, 0.5) is 27.8 Å². The molecule has 13 nitrogen and oxygen atoms in total. The quantitative estimate of drug-likeness (QED) is 0.175. The molecule has 0 bridgehead atoms. The summed E-state index contributed by atoms with van der Waals surface area (Å²) in [5.41, 5.74) is 4.78. The van der Waals surface area contributed by atoms with Crippen molar-refractivity contribution >= 4 is 29.3 Å². The van der Waals surface area contributed by atoms with E-state index in [4.69, 9.17) is 38.9 Å². The Labute approximate surface area is 319 Å². The van der Waals surface area contributed by atoms with Crippen molar-refractivity contribution in [2.75, 3.05) is 88.1 Å². The van der Waals surface area contributed by atoms with Gasteiger partial charge >= 0.3 is 0 Å². The molecule has 0 spiro atoms. The number of carbonyl (C=O) groups excluding carboxylic acids is 1. The Morgan fingerprint density at radius 2 is 1.38 bits per heavy atom. The Morgan fingerprint density at radius 1 is 0.782 bits per heavy atom. The van der Waals surface area contributed by atoms with Gasteiger partial charge in [-0.05, 0) is 53.9 Å². The highest BCUT2D eigenvalue weighted by atomic mass is 19.1. The lowest BCUT2D eigenvalue weighted by Crippen LogP contribution is -2.41. The first-order chi connectivity index (χ1) is 27.0. The standard InChI is InChI=1S/C41H43FN8O5/c1-52-31-10-6-28(7-11-31)26-49(27-29-8-12-32(53-2)13-9-29)40-43-24-30(25-44-40)37-34-14-15-50(38(34)46-41(45-37)48-18-22-55-23-19-48)35-5-3-4-33(36(35)42)39(51)47-16-20-54-21-17-47/h3-13,24-25H,14-23,26-27H2,1-2H3. The zero-order valence-corrected chi connectivity index (χ0v) is 31.0. The summed E-state index contributed by atoms with van der Waals surface area (Å²) in [6.45, 7) is 5.66. The maximum Gasteiger partial charge on any atom is 0.257 e.